The molecule has 0 heterocycles. The van der Waals surface area contributed by atoms with E-state index >= 15 is 0 Å². The second kappa shape index (κ2) is 17.2. The lowest BCUT2D eigenvalue weighted by molar-refractivity contribution is 0.412. The molecule has 0 aliphatic carbocycles. The Morgan fingerprint density at radius 2 is 0.792 bits per heavy atom. The predicted molar refractivity (Wildman–Crippen MR) is 219 cm³/mol. The summed E-state index contributed by atoms with van der Waals surface area (Å²) in [5.74, 6) is 4.94. The van der Waals surface area contributed by atoms with Crippen LogP contribution in [-0.2, 0) is 0 Å². The zero-order valence-electron chi connectivity index (χ0n) is 32.4. The van der Waals surface area contributed by atoms with Crippen LogP contribution in [0.3, 0.4) is 0 Å². The number of ether oxygens (including phenoxy) is 2. The Bertz CT molecular complexity index is 1490. The normalized spacial score (nSPS) is 11.6. The smallest absolute Gasteiger partial charge is 0.132 e. The molecule has 0 unspecified atom stereocenters. The second-order valence-corrected chi connectivity index (χ2v) is 16.1. The third-order valence-electron chi connectivity index (χ3n) is 9.49. The zero-order chi connectivity index (χ0) is 36.0. The summed E-state index contributed by atoms with van der Waals surface area (Å²) >= 11 is 2.42. The quantitative estimate of drug-likeness (QED) is 0.150. The minimum absolute atomic E-state index is 0.484. The lowest BCUT2D eigenvalue weighted by Crippen LogP contribution is -2.04. The molecule has 0 aliphatic heterocycles. The Hall–Kier alpha value is -2.79. The average molecular weight is 761 g/mol. The summed E-state index contributed by atoms with van der Waals surface area (Å²) in [5, 5.41) is 0. The maximum Gasteiger partial charge on any atom is 0.132 e. The van der Waals surface area contributed by atoms with Gasteiger partial charge in [0.2, 0.25) is 0 Å². The SMILES string of the molecule is COc1cccc(-c2c(C(C)C)cc(C(C)C)cc2C(C)C)c1C.COc1cccc(-c2c(C(C)C)cc(C(C)C)cc2C(C)C)c1I. The van der Waals surface area contributed by atoms with E-state index in [4.69, 9.17) is 9.47 Å². The molecule has 0 aliphatic rings. The first-order valence-electron chi connectivity index (χ1n) is 17.9. The van der Waals surface area contributed by atoms with Crippen molar-refractivity contribution in [2.45, 2.75) is 126 Å². The molecule has 0 spiro atoms. The van der Waals surface area contributed by atoms with Crippen molar-refractivity contribution < 1.29 is 9.47 Å². The topological polar surface area (TPSA) is 18.5 Å². The molecule has 3 heteroatoms. The van der Waals surface area contributed by atoms with Gasteiger partial charge in [-0.1, -0.05) is 132 Å². The van der Waals surface area contributed by atoms with Crippen LogP contribution >= 0.6 is 22.6 Å². The summed E-state index contributed by atoms with van der Waals surface area (Å²) < 4.78 is 12.3. The van der Waals surface area contributed by atoms with Crippen LogP contribution < -0.4 is 9.47 Å². The van der Waals surface area contributed by atoms with Crippen molar-refractivity contribution in [3.8, 4) is 33.8 Å². The van der Waals surface area contributed by atoms with Gasteiger partial charge in [0.15, 0.2) is 0 Å². The fourth-order valence-corrected chi connectivity index (χ4v) is 7.35. The zero-order valence-corrected chi connectivity index (χ0v) is 34.6. The lowest BCUT2D eigenvalue weighted by atomic mass is 9.80. The summed E-state index contributed by atoms with van der Waals surface area (Å²) in [6.07, 6.45) is 0. The maximum absolute atomic E-state index is 5.57. The summed E-state index contributed by atoms with van der Waals surface area (Å²) in [6.45, 7) is 29.6. The molecule has 0 atom stereocenters. The van der Waals surface area contributed by atoms with Crippen LogP contribution in [0.25, 0.3) is 22.3 Å². The predicted octanol–water partition coefficient (Wildman–Crippen LogP) is 14.4. The Balaban J connectivity index is 0.000000260. The molecule has 260 valence electrons. The van der Waals surface area contributed by atoms with E-state index in [2.05, 4.69) is 161 Å². The van der Waals surface area contributed by atoms with Crippen LogP contribution in [0.2, 0.25) is 0 Å². The standard InChI is InChI=1S/C23H32O.C22H29IO/c1-14(2)18-12-20(15(3)4)23(21(13-18)16(5)6)19-10-9-11-22(24-8)17(19)7;1-13(2)16-11-18(14(3)4)21(19(12-16)15(5)6)17-9-8-10-20(24-7)22(17)23/h9-16H,1-8H3;8-15H,1-7H3. The van der Waals surface area contributed by atoms with Gasteiger partial charge in [-0.05, 0) is 138 Å². The largest absolute Gasteiger partial charge is 0.496 e. The van der Waals surface area contributed by atoms with Gasteiger partial charge in [-0.25, -0.2) is 0 Å². The van der Waals surface area contributed by atoms with Crippen LogP contribution in [-0.4, -0.2) is 14.2 Å². The Morgan fingerprint density at radius 1 is 0.458 bits per heavy atom. The van der Waals surface area contributed by atoms with Gasteiger partial charge < -0.3 is 9.47 Å². The first-order chi connectivity index (χ1) is 22.5. The molecule has 0 aromatic heterocycles. The van der Waals surface area contributed by atoms with Gasteiger partial charge in [0.25, 0.3) is 0 Å². The molecule has 0 bridgehead atoms. The number of hydrogen-bond acceptors (Lipinski definition) is 2. The minimum atomic E-state index is 0.484. The van der Waals surface area contributed by atoms with Gasteiger partial charge in [-0.2, -0.15) is 0 Å². The molecule has 0 radical (unpaired) electrons. The van der Waals surface area contributed by atoms with Crippen LogP contribution in [0.1, 0.15) is 158 Å². The van der Waals surface area contributed by atoms with Crippen molar-refractivity contribution in [1.82, 2.24) is 0 Å². The van der Waals surface area contributed by atoms with Crippen molar-refractivity contribution in [1.29, 1.82) is 0 Å². The van der Waals surface area contributed by atoms with Crippen molar-refractivity contribution in [2.75, 3.05) is 14.2 Å². The van der Waals surface area contributed by atoms with Gasteiger partial charge in [-0.15, -0.1) is 0 Å². The highest BCUT2D eigenvalue weighted by Gasteiger charge is 2.22. The number of halogens is 1. The third kappa shape index (κ3) is 8.86. The molecule has 48 heavy (non-hydrogen) atoms. The van der Waals surface area contributed by atoms with Gasteiger partial charge in [0.05, 0.1) is 17.8 Å². The fraction of sp³-hybridized carbons (Fsp3) is 0.467. The van der Waals surface area contributed by atoms with E-state index in [0.29, 0.717) is 35.5 Å². The second-order valence-electron chi connectivity index (χ2n) is 15.0. The van der Waals surface area contributed by atoms with E-state index in [9.17, 15) is 0 Å². The highest BCUT2D eigenvalue weighted by Crippen LogP contribution is 2.43. The molecule has 0 saturated heterocycles. The summed E-state index contributed by atoms with van der Waals surface area (Å²) in [7, 11) is 3.50. The summed E-state index contributed by atoms with van der Waals surface area (Å²) in [5.41, 5.74) is 15.3. The molecular formula is C45H61IO2. The highest BCUT2D eigenvalue weighted by atomic mass is 127. The molecule has 4 aromatic carbocycles. The van der Waals surface area contributed by atoms with E-state index in [1.54, 1.807) is 14.2 Å². The molecule has 4 aromatic rings. The molecule has 0 saturated carbocycles. The summed E-state index contributed by atoms with van der Waals surface area (Å²) in [4.78, 5) is 0. The van der Waals surface area contributed by atoms with Crippen molar-refractivity contribution in [2.24, 2.45) is 0 Å². The number of methoxy groups -OCH3 is 2. The number of benzene rings is 4. The molecule has 0 amide bonds. The molecule has 4 rings (SSSR count). The third-order valence-corrected chi connectivity index (χ3v) is 10.6. The summed E-state index contributed by atoms with van der Waals surface area (Å²) in [6, 6.07) is 22.4. The Kier molecular flexibility index (Phi) is 14.2. The van der Waals surface area contributed by atoms with Crippen LogP contribution in [0.5, 0.6) is 11.5 Å². The van der Waals surface area contributed by atoms with E-state index in [1.807, 2.05) is 12.1 Å². The van der Waals surface area contributed by atoms with E-state index in [0.717, 1.165) is 11.5 Å². The van der Waals surface area contributed by atoms with Crippen molar-refractivity contribution >= 4 is 22.6 Å². The van der Waals surface area contributed by atoms with E-state index in [1.165, 1.54) is 64.8 Å². The number of hydrogen-bond donors (Lipinski definition) is 0. The minimum Gasteiger partial charge on any atom is -0.496 e. The Morgan fingerprint density at radius 3 is 1.12 bits per heavy atom. The average Bonchev–Trinajstić information content (AvgIpc) is 3.03. The van der Waals surface area contributed by atoms with Crippen LogP contribution in [0.4, 0.5) is 0 Å². The monoisotopic (exact) mass is 760 g/mol. The first-order valence-corrected chi connectivity index (χ1v) is 19.0. The highest BCUT2D eigenvalue weighted by molar-refractivity contribution is 14.1. The van der Waals surface area contributed by atoms with Gasteiger partial charge in [0, 0.05) is 0 Å². The lowest BCUT2D eigenvalue weighted by Gasteiger charge is -2.24. The van der Waals surface area contributed by atoms with E-state index < -0.39 is 0 Å². The van der Waals surface area contributed by atoms with Crippen LogP contribution in [0.15, 0.2) is 60.7 Å². The van der Waals surface area contributed by atoms with E-state index in [-0.39, 0.29) is 0 Å². The Labute approximate surface area is 307 Å². The van der Waals surface area contributed by atoms with Crippen molar-refractivity contribution in [3.05, 3.63) is 103 Å². The van der Waals surface area contributed by atoms with Gasteiger partial charge in [-0.3, -0.25) is 0 Å². The fourth-order valence-electron chi connectivity index (χ4n) is 6.50. The van der Waals surface area contributed by atoms with Gasteiger partial charge in [0.1, 0.15) is 11.5 Å². The molecule has 0 N–H and O–H groups in total. The van der Waals surface area contributed by atoms with Crippen LogP contribution in [0, 0.1) is 10.5 Å². The maximum atomic E-state index is 5.57. The molecular weight excluding hydrogens is 699 g/mol. The van der Waals surface area contributed by atoms with Crippen molar-refractivity contribution in [3.63, 3.8) is 0 Å². The molecule has 0 fully saturated rings. The first kappa shape index (κ1) is 39.6. The van der Waals surface area contributed by atoms with Gasteiger partial charge >= 0.3 is 0 Å². The molecule has 2 nitrogen and oxygen atoms in total. The number of rotatable bonds is 10.